The van der Waals surface area contributed by atoms with E-state index >= 15 is 0 Å². The van der Waals surface area contributed by atoms with Gasteiger partial charge in [0.05, 0.1) is 0 Å². The molecule has 1 unspecified atom stereocenters. The number of rotatable bonds is 4. The zero-order valence-corrected chi connectivity index (χ0v) is 16.2. The van der Waals surface area contributed by atoms with E-state index in [-0.39, 0.29) is 5.92 Å². The highest BCUT2D eigenvalue weighted by molar-refractivity contribution is 5.64. The Labute approximate surface area is 171 Å². The van der Waals surface area contributed by atoms with E-state index in [4.69, 9.17) is 0 Å². The quantitative estimate of drug-likeness (QED) is 0.745. The number of hydrogen-bond donors (Lipinski definition) is 1. The minimum absolute atomic E-state index is 0.0805. The van der Waals surface area contributed by atoms with E-state index in [1.807, 2.05) is 72.8 Å². The van der Waals surface area contributed by atoms with E-state index in [0.29, 0.717) is 25.9 Å². The first-order chi connectivity index (χ1) is 14.1. The molecule has 1 aliphatic rings. The third kappa shape index (κ3) is 3.76. The maximum Gasteiger partial charge on any atom is 0.136 e. The minimum Gasteiger partial charge on any atom is -0.530 e. The maximum atomic E-state index is 12.0. The first-order valence-electron chi connectivity index (χ1n) is 9.99. The molecular weight excluding hydrogens is 362 g/mol. The average Bonchev–Trinajstić information content (AvgIpc) is 2.80. The largest absolute Gasteiger partial charge is 0.530 e. The van der Waals surface area contributed by atoms with Crippen LogP contribution in [-0.2, 0) is 5.60 Å². The van der Waals surface area contributed by atoms with Gasteiger partial charge in [0.25, 0.3) is 0 Å². The van der Waals surface area contributed by atoms with Crippen LogP contribution in [0.15, 0.2) is 84.9 Å². The molecular formula is C25H24NO3-. The van der Waals surface area contributed by atoms with Crippen molar-refractivity contribution in [2.45, 2.75) is 18.4 Å². The van der Waals surface area contributed by atoms with Crippen LogP contribution in [0, 0.1) is 5.92 Å². The Morgan fingerprint density at radius 2 is 1.28 bits per heavy atom. The van der Waals surface area contributed by atoms with Crippen molar-refractivity contribution in [3.8, 4) is 11.1 Å². The first kappa shape index (κ1) is 19.2. The van der Waals surface area contributed by atoms with Crippen molar-refractivity contribution in [1.82, 2.24) is 4.90 Å². The van der Waals surface area contributed by atoms with Gasteiger partial charge < -0.3 is 19.9 Å². The second-order valence-corrected chi connectivity index (χ2v) is 7.60. The van der Waals surface area contributed by atoms with Crippen LogP contribution in [0.4, 0.5) is 4.79 Å². The number of carboxylic acid groups (broad SMARTS) is 1. The van der Waals surface area contributed by atoms with Gasteiger partial charge in [-0.05, 0) is 41.0 Å². The lowest BCUT2D eigenvalue weighted by molar-refractivity contribution is -0.267. The third-order valence-corrected chi connectivity index (χ3v) is 5.99. The molecule has 4 heteroatoms. The zero-order chi connectivity index (χ0) is 20.3. The Morgan fingerprint density at radius 3 is 1.83 bits per heavy atom. The average molecular weight is 386 g/mol. The zero-order valence-electron chi connectivity index (χ0n) is 16.2. The summed E-state index contributed by atoms with van der Waals surface area (Å²) in [5.41, 5.74) is 2.71. The summed E-state index contributed by atoms with van der Waals surface area (Å²) in [7, 11) is 0. The van der Waals surface area contributed by atoms with E-state index in [1.54, 1.807) is 0 Å². The predicted molar refractivity (Wildman–Crippen MR) is 111 cm³/mol. The number of likely N-dealkylation sites (tertiary alicyclic amines) is 1. The van der Waals surface area contributed by atoms with Crippen molar-refractivity contribution < 1.29 is 15.0 Å². The highest BCUT2D eigenvalue weighted by atomic mass is 16.4. The SMILES string of the molecule is O=C([O-])N1CCC(C(O)(c2ccccc2)c2ccc(-c3ccccc3)cc2)CC1. The second kappa shape index (κ2) is 8.10. The van der Waals surface area contributed by atoms with Gasteiger partial charge in [-0.15, -0.1) is 0 Å². The standard InChI is InChI=1S/C25H25NO3/c27-24(28)26-17-15-23(16-18-26)25(29,21-9-5-2-6-10-21)22-13-11-20(12-14-22)19-7-3-1-4-8-19/h1-14,23,29H,15-18H2,(H,27,28)/p-1. The smallest absolute Gasteiger partial charge is 0.136 e. The Morgan fingerprint density at radius 1 is 0.793 bits per heavy atom. The molecule has 1 saturated heterocycles. The Balaban J connectivity index is 1.69. The summed E-state index contributed by atoms with van der Waals surface area (Å²) in [6.45, 7) is 0.758. The normalized spacial score (nSPS) is 16.9. The maximum absolute atomic E-state index is 12.0. The molecule has 0 bridgehead atoms. The van der Waals surface area contributed by atoms with Gasteiger partial charge in [0.1, 0.15) is 11.7 Å². The third-order valence-electron chi connectivity index (χ3n) is 5.99. The van der Waals surface area contributed by atoms with Crippen LogP contribution in [-0.4, -0.2) is 29.2 Å². The van der Waals surface area contributed by atoms with Crippen molar-refractivity contribution in [3.63, 3.8) is 0 Å². The van der Waals surface area contributed by atoms with Gasteiger partial charge in [-0.25, -0.2) is 0 Å². The highest BCUT2D eigenvalue weighted by Gasteiger charge is 2.41. The predicted octanol–water partition coefficient (Wildman–Crippen LogP) is 3.64. The summed E-state index contributed by atoms with van der Waals surface area (Å²) in [6, 6.07) is 27.8. The summed E-state index contributed by atoms with van der Waals surface area (Å²) in [4.78, 5) is 12.5. The number of piperidine rings is 1. The molecule has 1 amide bonds. The van der Waals surface area contributed by atoms with Crippen LogP contribution >= 0.6 is 0 Å². The van der Waals surface area contributed by atoms with Gasteiger partial charge in [0.2, 0.25) is 0 Å². The number of nitrogens with zero attached hydrogens (tertiary/aromatic N) is 1. The Kier molecular flexibility index (Phi) is 5.36. The molecule has 0 aromatic heterocycles. The van der Waals surface area contributed by atoms with E-state index in [0.717, 1.165) is 22.3 Å². The molecule has 0 aliphatic carbocycles. The van der Waals surface area contributed by atoms with Crippen molar-refractivity contribution in [3.05, 3.63) is 96.1 Å². The van der Waals surface area contributed by atoms with Crippen LogP contribution in [0.25, 0.3) is 11.1 Å². The fraction of sp³-hybridized carbons (Fsp3) is 0.240. The second-order valence-electron chi connectivity index (χ2n) is 7.60. The Hall–Kier alpha value is -3.11. The number of hydrogen-bond acceptors (Lipinski definition) is 3. The molecule has 1 fully saturated rings. The topological polar surface area (TPSA) is 63.6 Å². The van der Waals surface area contributed by atoms with Crippen LogP contribution in [0.3, 0.4) is 0 Å². The molecule has 4 nitrogen and oxygen atoms in total. The molecule has 0 spiro atoms. The van der Waals surface area contributed by atoms with E-state index in [9.17, 15) is 15.0 Å². The Bertz CT molecular complexity index is 948. The van der Waals surface area contributed by atoms with E-state index in [1.165, 1.54) is 4.90 Å². The van der Waals surface area contributed by atoms with Crippen LogP contribution in [0.2, 0.25) is 0 Å². The molecule has 1 atom stereocenters. The molecule has 1 N–H and O–H groups in total. The summed E-state index contributed by atoms with van der Waals surface area (Å²) in [5, 5.41) is 23.2. The molecule has 4 rings (SSSR count). The van der Waals surface area contributed by atoms with Crippen molar-refractivity contribution in [1.29, 1.82) is 0 Å². The fourth-order valence-electron chi connectivity index (χ4n) is 4.36. The molecule has 3 aromatic rings. The number of carbonyl (C=O) groups excluding carboxylic acids is 1. The van der Waals surface area contributed by atoms with E-state index < -0.39 is 11.7 Å². The number of amides is 1. The molecule has 0 radical (unpaired) electrons. The lowest BCUT2D eigenvalue weighted by atomic mass is 9.72. The van der Waals surface area contributed by atoms with E-state index in [2.05, 4.69) is 12.1 Å². The minimum atomic E-state index is -1.17. The van der Waals surface area contributed by atoms with Gasteiger partial charge >= 0.3 is 0 Å². The lowest BCUT2D eigenvalue weighted by Crippen LogP contribution is -2.49. The van der Waals surface area contributed by atoms with Crippen molar-refractivity contribution in [2.24, 2.45) is 5.92 Å². The van der Waals surface area contributed by atoms with Gasteiger partial charge in [-0.2, -0.15) is 0 Å². The molecule has 1 aliphatic heterocycles. The van der Waals surface area contributed by atoms with Crippen molar-refractivity contribution in [2.75, 3.05) is 13.1 Å². The lowest BCUT2D eigenvalue weighted by Gasteiger charge is -2.43. The van der Waals surface area contributed by atoms with Gasteiger partial charge in [0, 0.05) is 13.1 Å². The summed E-state index contributed by atoms with van der Waals surface area (Å²) in [6.07, 6.45) is 0.0264. The fourth-order valence-corrected chi connectivity index (χ4v) is 4.36. The molecule has 148 valence electrons. The van der Waals surface area contributed by atoms with Crippen LogP contribution in [0.1, 0.15) is 24.0 Å². The van der Waals surface area contributed by atoms with Gasteiger partial charge in [-0.3, -0.25) is 0 Å². The van der Waals surface area contributed by atoms with Gasteiger partial charge in [-0.1, -0.05) is 84.9 Å². The summed E-state index contributed by atoms with van der Waals surface area (Å²) in [5.74, 6) is -0.0805. The number of benzene rings is 3. The number of aliphatic hydroxyl groups is 1. The van der Waals surface area contributed by atoms with Crippen LogP contribution in [0.5, 0.6) is 0 Å². The highest BCUT2D eigenvalue weighted by Crippen LogP contribution is 2.42. The number of carbonyl (C=O) groups is 1. The summed E-state index contributed by atoms with van der Waals surface area (Å²) >= 11 is 0. The first-order valence-corrected chi connectivity index (χ1v) is 9.99. The monoisotopic (exact) mass is 386 g/mol. The van der Waals surface area contributed by atoms with Gasteiger partial charge in [0.15, 0.2) is 0 Å². The molecule has 1 heterocycles. The molecule has 29 heavy (non-hydrogen) atoms. The molecule has 3 aromatic carbocycles. The van der Waals surface area contributed by atoms with Crippen molar-refractivity contribution >= 4 is 6.09 Å². The molecule has 0 saturated carbocycles. The summed E-state index contributed by atoms with van der Waals surface area (Å²) < 4.78 is 0. The van der Waals surface area contributed by atoms with Crippen LogP contribution < -0.4 is 5.11 Å².